The molecule has 3 N–H and O–H groups in total. The van der Waals surface area contributed by atoms with Gasteiger partial charge in [0.15, 0.2) is 11.5 Å². The minimum Gasteiger partial charge on any atom is -0.505 e. The van der Waals surface area contributed by atoms with Gasteiger partial charge in [-0.25, -0.2) is 8.42 Å². The molecule has 1 atom stereocenters. The number of halogens is 5. The van der Waals surface area contributed by atoms with Gasteiger partial charge in [0.2, 0.25) is 0 Å². The Balaban J connectivity index is 2.66. The Labute approximate surface area is 167 Å². The molecular formula is C14H10BrClF3NO5S2. The molecule has 1 unspecified atom stereocenters. The van der Waals surface area contributed by atoms with E-state index < -0.39 is 59.5 Å². The molecule has 148 valence electrons. The maximum Gasteiger partial charge on any atom is 0.416 e. The van der Waals surface area contributed by atoms with E-state index >= 15 is 0 Å². The second-order valence-corrected chi connectivity index (χ2v) is 9.48. The molecule has 2 rings (SSSR count). The molecule has 0 saturated carbocycles. The molecule has 2 aromatic carbocycles. The van der Waals surface area contributed by atoms with Gasteiger partial charge in [0.1, 0.15) is 4.90 Å². The number of benzene rings is 2. The minimum absolute atomic E-state index is 0.175. The van der Waals surface area contributed by atoms with Gasteiger partial charge in [0.25, 0.3) is 10.0 Å². The molecule has 0 amide bonds. The smallest absolute Gasteiger partial charge is 0.416 e. The van der Waals surface area contributed by atoms with Crippen LogP contribution in [0.25, 0.3) is 0 Å². The summed E-state index contributed by atoms with van der Waals surface area (Å²) < 4.78 is 77.7. The van der Waals surface area contributed by atoms with Crippen molar-refractivity contribution in [2.45, 2.75) is 16.0 Å². The fourth-order valence-corrected chi connectivity index (χ4v) is 4.91. The van der Waals surface area contributed by atoms with Crippen molar-refractivity contribution in [3.05, 3.63) is 39.3 Å². The van der Waals surface area contributed by atoms with Crippen molar-refractivity contribution in [3.8, 4) is 11.5 Å². The van der Waals surface area contributed by atoms with Gasteiger partial charge in [-0.1, -0.05) is 27.5 Å². The van der Waals surface area contributed by atoms with E-state index in [0.29, 0.717) is 12.1 Å². The monoisotopic (exact) mass is 507 g/mol. The molecule has 6 nitrogen and oxygen atoms in total. The molecule has 2 aromatic rings. The summed E-state index contributed by atoms with van der Waals surface area (Å²) in [6, 6.07) is 2.97. The van der Waals surface area contributed by atoms with Gasteiger partial charge in [-0.2, -0.15) is 13.2 Å². The number of aromatic hydroxyl groups is 2. The standard InChI is InChI=1S/C14H10BrClF3NO5S2/c1-26(23)10-3-6(14(17,18)19)2-9(13(10)22)20-27(24,25)11-5-7(15)4-8(16)12(11)21/h2-5,20-22H,1H3. The van der Waals surface area contributed by atoms with Gasteiger partial charge in [-0.3, -0.25) is 8.93 Å². The van der Waals surface area contributed by atoms with Crippen LogP contribution in [-0.2, 0) is 27.0 Å². The first-order valence-corrected chi connectivity index (χ1v) is 10.9. The molecule has 0 aliphatic heterocycles. The summed E-state index contributed by atoms with van der Waals surface area (Å²) in [6.07, 6.45) is -3.86. The third-order valence-corrected chi connectivity index (χ3v) is 6.29. The van der Waals surface area contributed by atoms with Crippen LogP contribution in [0.15, 0.2) is 38.5 Å². The van der Waals surface area contributed by atoms with Crippen LogP contribution >= 0.6 is 27.5 Å². The number of phenols is 2. The van der Waals surface area contributed by atoms with Crippen LogP contribution in [0, 0.1) is 0 Å². The van der Waals surface area contributed by atoms with Crippen molar-refractivity contribution in [1.82, 2.24) is 0 Å². The van der Waals surface area contributed by atoms with Crippen molar-refractivity contribution < 1.29 is 36.0 Å². The average molecular weight is 509 g/mol. The van der Waals surface area contributed by atoms with Gasteiger partial charge in [0, 0.05) is 10.7 Å². The summed E-state index contributed by atoms with van der Waals surface area (Å²) >= 11 is 8.68. The Morgan fingerprint density at radius 2 is 1.74 bits per heavy atom. The number of rotatable bonds is 4. The topological polar surface area (TPSA) is 104 Å². The summed E-state index contributed by atoms with van der Waals surface area (Å²) in [5, 5.41) is 19.6. The second kappa shape index (κ2) is 7.49. The second-order valence-electron chi connectivity index (χ2n) is 5.16. The molecule has 0 aromatic heterocycles. The normalized spacial score (nSPS) is 13.4. The van der Waals surface area contributed by atoms with Gasteiger partial charge in [0.05, 0.1) is 32.0 Å². The number of phenolic OH excluding ortho intramolecular Hbond substituents is 2. The lowest BCUT2D eigenvalue weighted by atomic mass is 10.2. The lowest BCUT2D eigenvalue weighted by Gasteiger charge is -2.16. The SMILES string of the molecule is CS(=O)c1cc(C(F)(F)F)cc(NS(=O)(=O)c2cc(Br)cc(Cl)c2O)c1O. The summed E-state index contributed by atoms with van der Waals surface area (Å²) in [5.74, 6) is -1.77. The van der Waals surface area contributed by atoms with E-state index in [1.165, 1.54) is 6.07 Å². The van der Waals surface area contributed by atoms with E-state index in [2.05, 4.69) is 15.9 Å². The van der Waals surface area contributed by atoms with E-state index in [4.69, 9.17) is 11.6 Å². The van der Waals surface area contributed by atoms with Crippen LogP contribution in [-0.4, -0.2) is 29.1 Å². The minimum atomic E-state index is -4.89. The molecule has 0 aliphatic carbocycles. The number of alkyl halides is 3. The molecule has 0 heterocycles. The zero-order valence-electron chi connectivity index (χ0n) is 13.1. The number of sulfonamides is 1. The molecular weight excluding hydrogens is 499 g/mol. The Kier molecular flexibility index (Phi) is 6.05. The maximum absolute atomic E-state index is 13.0. The van der Waals surface area contributed by atoms with Crippen molar-refractivity contribution in [2.24, 2.45) is 0 Å². The number of nitrogens with one attached hydrogen (secondary N) is 1. The lowest BCUT2D eigenvalue weighted by Crippen LogP contribution is -2.15. The summed E-state index contributed by atoms with van der Waals surface area (Å²) in [6.45, 7) is 0. The predicted octanol–water partition coefficient (Wildman–Crippen LogP) is 4.07. The van der Waals surface area contributed by atoms with Crippen molar-refractivity contribution >= 4 is 54.0 Å². The molecule has 0 bridgehead atoms. The van der Waals surface area contributed by atoms with Crippen LogP contribution in [0.5, 0.6) is 11.5 Å². The van der Waals surface area contributed by atoms with Gasteiger partial charge < -0.3 is 10.2 Å². The van der Waals surface area contributed by atoms with Crippen molar-refractivity contribution in [2.75, 3.05) is 11.0 Å². The Morgan fingerprint density at radius 1 is 1.15 bits per heavy atom. The van der Waals surface area contributed by atoms with Gasteiger partial charge >= 0.3 is 6.18 Å². The third-order valence-electron chi connectivity index (χ3n) is 3.24. The van der Waals surface area contributed by atoms with Gasteiger partial charge in [-0.15, -0.1) is 0 Å². The highest BCUT2D eigenvalue weighted by Gasteiger charge is 2.34. The third kappa shape index (κ3) is 4.68. The van der Waals surface area contributed by atoms with E-state index in [-0.39, 0.29) is 9.50 Å². The lowest BCUT2D eigenvalue weighted by molar-refractivity contribution is -0.137. The van der Waals surface area contributed by atoms with Gasteiger partial charge in [-0.05, 0) is 24.3 Å². The molecule has 0 spiro atoms. The molecule has 13 heteroatoms. The van der Waals surface area contributed by atoms with Crippen LogP contribution in [0.4, 0.5) is 18.9 Å². The summed E-state index contributed by atoms with van der Waals surface area (Å²) in [7, 11) is -6.70. The zero-order valence-corrected chi connectivity index (χ0v) is 17.1. The number of hydrogen-bond donors (Lipinski definition) is 3. The molecule has 0 fully saturated rings. The Bertz CT molecular complexity index is 1040. The fraction of sp³-hybridized carbons (Fsp3) is 0.143. The summed E-state index contributed by atoms with van der Waals surface area (Å²) in [4.78, 5) is -1.35. The molecule has 27 heavy (non-hydrogen) atoms. The first kappa shape index (κ1) is 21.8. The highest BCUT2D eigenvalue weighted by Crippen LogP contribution is 2.41. The first-order chi connectivity index (χ1) is 12.2. The Morgan fingerprint density at radius 3 is 2.26 bits per heavy atom. The quantitative estimate of drug-likeness (QED) is 0.540. The number of anilines is 1. The van der Waals surface area contributed by atoms with Crippen molar-refractivity contribution in [3.63, 3.8) is 0 Å². The van der Waals surface area contributed by atoms with Crippen LogP contribution in [0.3, 0.4) is 0 Å². The molecule has 0 saturated heterocycles. The summed E-state index contributed by atoms with van der Waals surface area (Å²) in [5.41, 5.74) is -2.18. The van der Waals surface area contributed by atoms with E-state index in [1.807, 2.05) is 0 Å². The van der Waals surface area contributed by atoms with E-state index in [0.717, 1.165) is 12.3 Å². The highest BCUT2D eigenvalue weighted by molar-refractivity contribution is 9.10. The highest BCUT2D eigenvalue weighted by atomic mass is 79.9. The van der Waals surface area contributed by atoms with Crippen LogP contribution < -0.4 is 4.72 Å². The molecule has 0 aliphatic rings. The Hall–Kier alpha value is -1.50. The maximum atomic E-state index is 13.0. The predicted molar refractivity (Wildman–Crippen MR) is 97.1 cm³/mol. The average Bonchev–Trinajstić information content (AvgIpc) is 2.51. The molecule has 0 radical (unpaired) electrons. The largest absolute Gasteiger partial charge is 0.505 e. The first-order valence-electron chi connectivity index (χ1n) is 6.72. The van der Waals surface area contributed by atoms with Crippen LogP contribution in [0.2, 0.25) is 5.02 Å². The van der Waals surface area contributed by atoms with E-state index in [1.54, 1.807) is 4.72 Å². The van der Waals surface area contributed by atoms with Crippen LogP contribution in [0.1, 0.15) is 5.56 Å². The number of hydrogen-bond acceptors (Lipinski definition) is 5. The van der Waals surface area contributed by atoms with E-state index in [9.17, 15) is 36.0 Å². The van der Waals surface area contributed by atoms with Crippen molar-refractivity contribution in [1.29, 1.82) is 0 Å². The zero-order chi connectivity index (χ0) is 20.7. The fourth-order valence-electron chi connectivity index (χ4n) is 2.02.